The second-order valence-corrected chi connectivity index (χ2v) is 5.86. The zero-order valence-electron chi connectivity index (χ0n) is 14.0. The molecule has 0 aliphatic heterocycles. The molecule has 0 atom stereocenters. The Kier molecular flexibility index (Phi) is 3.86. The summed E-state index contributed by atoms with van der Waals surface area (Å²) in [5.74, 6) is -0.374. The van der Waals surface area contributed by atoms with E-state index in [9.17, 15) is 4.39 Å². The summed E-state index contributed by atoms with van der Waals surface area (Å²) in [4.78, 5) is 12.5. The van der Waals surface area contributed by atoms with E-state index in [-0.39, 0.29) is 18.2 Å². The second-order valence-electron chi connectivity index (χ2n) is 5.86. The predicted molar refractivity (Wildman–Crippen MR) is 97.6 cm³/mol. The van der Waals surface area contributed by atoms with Crippen LogP contribution in [0.4, 0.5) is 16.0 Å². The maximum absolute atomic E-state index is 14.1. The smallest absolute Gasteiger partial charge is 0.222 e. The van der Waals surface area contributed by atoms with Gasteiger partial charge in [-0.3, -0.25) is 0 Å². The first-order valence-corrected chi connectivity index (χ1v) is 7.94. The summed E-state index contributed by atoms with van der Waals surface area (Å²) < 4.78 is 15.7. The summed E-state index contributed by atoms with van der Waals surface area (Å²) >= 11 is 0. The van der Waals surface area contributed by atoms with E-state index in [0.717, 1.165) is 0 Å². The summed E-state index contributed by atoms with van der Waals surface area (Å²) in [5.41, 5.74) is 14.1. The molecule has 0 bridgehead atoms. The maximum Gasteiger partial charge on any atom is 0.222 e. The molecule has 0 aliphatic rings. The van der Waals surface area contributed by atoms with Crippen LogP contribution in [0.3, 0.4) is 0 Å². The molecule has 132 valence electrons. The second kappa shape index (κ2) is 6.34. The summed E-state index contributed by atoms with van der Waals surface area (Å²) in [6.07, 6.45) is 3.11. The minimum atomic E-state index is -0.423. The van der Waals surface area contributed by atoms with E-state index in [2.05, 4.69) is 20.1 Å². The van der Waals surface area contributed by atoms with Crippen molar-refractivity contribution in [2.45, 2.75) is 6.54 Å². The van der Waals surface area contributed by atoms with E-state index in [0.29, 0.717) is 33.5 Å². The molecule has 3 aromatic heterocycles. The van der Waals surface area contributed by atoms with Gasteiger partial charge in [0.1, 0.15) is 17.6 Å². The highest BCUT2D eigenvalue weighted by Crippen LogP contribution is 2.27. The van der Waals surface area contributed by atoms with Crippen molar-refractivity contribution in [2.24, 2.45) is 0 Å². The van der Waals surface area contributed by atoms with Crippen LogP contribution in [-0.4, -0.2) is 24.7 Å². The Morgan fingerprint density at radius 1 is 1.15 bits per heavy atom. The standard InChI is InChI=1S/C18H13FN8/c19-15-6-12(21)2-1-11(15)9-27-17-14(8-24-27)16(25-18(22)26-17)10-3-4-23-13(5-10)7-20/h1-6,8H,9,21H2,(H2,22,25,26). The lowest BCUT2D eigenvalue weighted by Crippen LogP contribution is -2.06. The molecule has 4 aromatic rings. The Morgan fingerprint density at radius 3 is 2.78 bits per heavy atom. The number of pyridine rings is 1. The van der Waals surface area contributed by atoms with Crippen LogP contribution in [0.15, 0.2) is 42.7 Å². The number of aromatic nitrogens is 5. The van der Waals surface area contributed by atoms with Gasteiger partial charge < -0.3 is 11.5 Å². The Hall–Kier alpha value is -4.06. The van der Waals surface area contributed by atoms with Crippen molar-refractivity contribution >= 4 is 22.7 Å². The Labute approximate surface area is 152 Å². The maximum atomic E-state index is 14.1. The van der Waals surface area contributed by atoms with E-state index >= 15 is 0 Å². The molecule has 9 heteroatoms. The number of nitrogen functional groups attached to an aromatic ring is 2. The first-order valence-electron chi connectivity index (χ1n) is 7.94. The van der Waals surface area contributed by atoms with Crippen molar-refractivity contribution in [3.8, 4) is 17.3 Å². The first-order chi connectivity index (χ1) is 13.0. The lowest BCUT2D eigenvalue weighted by Gasteiger charge is -2.07. The van der Waals surface area contributed by atoms with Crippen molar-refractivity contribution in [1.82, 2.24) is 24.7 Å². The molecule has 0 unspecified atom stereocenters. The number of halogens is 1. The van der Waals surface area contributed by atoms with Crippen molar-refractivity contribution in [2.75, 3.05) is 11.5 Å². The summed E-state index contributed by atoms with van der Waals surface area (Å²) in [5, 5.41) is 14.0. The molecule has 0 spiro atoms. The fourth-order valence-electron chi connectivity index (χ4n) is 2.80. The minimum absolute atomic E-state index is 0.0485. The van der Waals surface area contributed by atoms with Crippen molar-refractivity contribution in [3.05, 3.63) is 59.8 Å². The molecule has 4 N–H and O–H groups in total. The van der Waals surface area contributed by atoms with Crippen molar-refractivity contribution < 1.29 is 4.39 Å². The van der Waals surface area contributed by atoms with Gasteiger partial charge in [0.2, 0.25) is 5.95 Å². The van der Waals surface area contributed by atoms with Gasteiger partial charge in [0.15, 0.2) is 5.65 Å². The summed E-state index contributed by atoms with van der Waals surface area (Å²) in [6.45, 7) is 0.158. The number of anilines is 2. The van der Waals surface area contributed by atoms with E-state index in [1.165, 1.54) is 16.9 Å². The normalized spacial score (nSPS) is 10.8. The van der Waals surface area contributed by atoms with Crippen molar-refractivity contribution in [1.29, 1.82) is 5.26 Å². The van der Waals surface area contributed by atoms with Crippen LogP contribution in [0.25, 0.3) is 22.3 Å². The monoisotopic (exact) mass is 360 g/mol. The van der Waals surface area contributed by atoms with Crippen LogP contribution in [-0.2, 0) is 6.54 Å². The molecule has 3 heterocycles. The highest BCUT2D eigenvalue weighted by atomic mass is 19.1. The van der Waals surface area contributed by atoms with Gasteiger partial charge in [-0.1, -0.05) is 6.07 Å². The molecule has 27 heavy (non-hydrogen) atoms. The fraction of sp³-hybridized carbons (Fsp3) is 0.0556. The first kappa shape index (κ1) is 16.4. The third-order valence-corrected chi connectivity index (χ3v) is 4.06. The molecule has 4 rings (SSSR count). The Bertz CT molecular complexity index is 1210. The van der Waals surface area contributed by atoms with E-state index < -0.39 is 5.82 Å². The molecule has 0 radical (unpaired) electrons. The number of rotatable bonds is 3. The quantitative estimate of drug-likeness (QED) is 0.535. The van der Waals surface area contributed by atoms with E-state index in [1.807, 2.05) is 6.07 Å². The largest absolute Gasteiger partial charge is 0.399 e. The zero-order chi connectivity index (χ0) is 19.0. The molecule has 0 amide bonds. The molecule has 0 saturated carbocycles. The van der Waals surface area contributed by atoms with Crippen LogP contribution >= 0.6 is 0 Å². The van der Waals surface area contributed by atoms with E-state index in [1.54, 1.807) is 30.5 Å². The average molecular weight is 360 g/mol. The lowest BCUT2D eigenvalue weighted by molar-refractivity contribution is 0.590. The number of nitrogens with two attached hydrogens (primary N) is 2. The lowest BCUT2D eigenvalue weighted by atomic mass is 10.1. The van der Waals surface area contributed by atoms with Gasteiger partial charge in [0, 0.05) is 23.0 Å². The number of benzene rings is 1. The van der Waals surface area contributed by atoms with Gasteiger partial charge in [-0.05, 0) is 24.3 Å². The Balaban J connectivity index is 1.84. The van der Waals surface area contributed by atoms with Crippen LogP contribution in [0.2, 0.25) is 0 Å². The summed E-state index contributed by atoms with van der Waals surface area (Å²) in [6, 6.07) is 9.81. The fourth-order valence-corrected chi connectivity index (χ4v) is 2.80. The highest BCUT2D eigenvalue weighted by Gasteiger charge is 2.15. The highest BCUT2D eigenvalue weighted by molar-refractivity contribution is 5.91. The van der Waals surface area contributed by atoms with Crippen LogP contribution in [0.1, 0.15) is 11.3 Å². The third kappa shape index (κ3) is 3.00. The van der Waals surface area contributed by atoms with Gasteiger partial charge in [-0.15, -0.1) is 0 Å². The van der Waals surface area contributed by atoms with Gasteiger partial charge >= 0.3 is 0 Å². The molecular formula is C18H13FN8. The SMILES string of the molecule is N#Cc1cc(-c2nc(N)nc3c2cnn3Cc2ccc(N)cc2F)ccn1. The molecule has 0 saturated heterocycles. The van der Waals surface area contributed by atoms with Gasteiger partial charge in [0.25, 0.3) is 0 Å². The molecular weight excluding hydrogens is 347 g/mol. The Morgan fingerprint density at radius 2 is 2.00 bits per heavy atom. The summed E-state index contributed by atoms with van der Waals surface area (Å²) in [7, 11) is 0. The van der Waals surface area contributed by atoms with Gasteiger partial charge in [-0.25, -0.2) is 19.0 Å². The molecule has 8 nitrogen and oxygen atoms in total. The molecule has 0 fully saturated rings. The molecule has 0 aliphatic carbocycles. The predicted octanol–water partition coefficient (Wildman–Crippen LogP) is 2.11. The average Bonchev–Trinajstić information content (AvgIpc) is 3.06. The van der Waals surface area contributed by atoms with E-state index in [4.69, 9.17) is 16.7 Å². The number of hydrogen-bond acceptors (Lipinski definition) is 7. The van der Waals surface area contributed by atoms with Gasteiger partial charge in [0.05, 0.1) is 23.8 Å². The number of nitriles is 1. The van der Waals surface area contributed by atoms with Gasteiger partial charge in [-0.2, -0.15) is 15.3 Å². The van der Waals surface area contributed by atoms with Crippen LogP contribution in [0, 0.1) is 17.1 Å². The van der Waals surface area contributed by atoms with Crippen molar-refractivity contribution in [3.63, 3.8) is 0 Å². The van der Waals surface area contributed by atoms with Crippen LogP contribution < -0.4 is 11.5 Å². The topological polar surface area (TPSA) is 132 Å². The number of fused-ring (bicyclic) bond motifs is 1. The number of hydrogen-bond donors (Lipinski definition) is 2. The number of nitrogens with zero attached hydrogens (tertiary/aromatic N) is 6. The minimum Gasteiger partial charge on any atom is -0.399 e. The third-order valence-electron chi connectivity index (χ3n) is 4.06. The van der Waals surface area contributed by atoms with Crippen LogP contribution in [0.5, 0.6) is 0 Å². The molecule has 1 aromatic carbocycles. The zero-order valence-corrected chi connectivity index (χ0v) is 14.0.